The van der Waals surface area contributed by atoms with Crippen LogP contribution in [0.2, 0.25) is 0 Å². The van der Waals surface area contributed by atoms with Gasteiger partial charge in [-0.05, 0) is 57.8 Å². The number of nitrogens with one attached hydrogen (secondary N) is 1. The number of carbonyl (C=O) groups is 1. The first-order valence-corrected chi connectivity index (χ1v) is 22.5. The molecule has 0 aromatic heterocycles. The molecule has 8 nitrogen and oxygen atoms in total. The van der Waals surface area contributed by atoms with Gasteiger partial charge >= 0.3 is 7.82 Å². The predicted octanol–water partition coefficient (Wildman–Crippen LogP) is 11.3. The highest BCUT2D eigenvalue weighted by Gasteiger charge is 2.27. The van der Waals surface area contributed by atoms with Crippen molar-refractivity contribution in [3.8, 4) is 0 Å². The summed E-state index contributed by atoms with van der Waals surface area (Å²) in [7, 11) is 1.55. The molecule has 0 radical (unpaired) electrons. The molecule has 304 valence electrons. The Morgan fingerprint density at radius 3 is 1.75 bits per heavy atom. The number of phosphoric acid groups is 1. The first-order chi connectivity index (χ1) is 25.0. The lowest BCUT2D eigenvalue weighted by Crippen LogP contribution is -2.45. The van der Waals surface area contributed by atoms with Gasteiger partial charge in [-0.1, -0.05) is 152 Å². The van der Waals surface area contributed by atoms with E-state index in [1.165, 1.54) is 96.3 Å². The highest BCUT2D eigenvalue weighted by molar-refractivity contribution is 7.47. The molecule has 0 saturated heterocycles. The van der Waals surface area contributed by atoms with Crippen LogP contribution in [-0.4, -0.2) is 73.4 Å². The zero-order valence-electron chi connectivity index (χ0n) is 34.3. The van der Waals surface area contributed by atoms with E-state index in [2.05, 4.69) is 55.6 Å². The third-order valence-corrected chi connectivity index (χ3v) is 10.0. The van der Waals surface area contributed by atoms with Crippen LogP contribution < -0.4 is 5.32 Å². The van der Waals surface area contributed by atoms with Crippen LogP contribution in [-0.2, 0) is 18.4 Å². The highest BCUT2D eigenvalue weighted by atomic mass is 31.2. The number of unbranched alkanes of at least 4 members (excludes halogenated alkanes) is 18. The van der Waals surface area contributed by atoms with Crippen molar-refractivity contribution in [1.29, 1.82) is 0 Å². The van der Waals surface area contributed by atoms with Crippen LogP contribution >= 0.6 is 7.82 Å². The van der Waals surface area contributed by atoms with Gasteiger partial charge in [-0.15, -0.1) is 0 Å². The standard InChI is InChI=1S/C43H81N2O6P/c1-6-8-10-12-14-16-17-18-19-20-21-22-23-24-25-26-27-29-31-33-35-37-43(47)44-41(40-51-52(48,49)50-39-38-45(3,4)5)42(46)36-34-32-30-28-15-13-11-9-7-2/h8,10,14-16,28,34,36,41-42,46H,6-7,9,11-13,17-27,29-33,35,37-40H2,1-5H3,(H-,44,47,48,49)/p+1/b10-8-,16-14-,28-15+,36-34+. The molecule has 0 aliphatic rings. The van der Waals surface area contributed by atoms with Gasteiger partial charge in [-0.3, -0.25) is 13.8 Å². The summed E-state index contributed by atoms with van der Waals surface area (Å²) in [5.74, 6) is -0.193. The number of allylic oxidation sites excluding steroid dienone is 7. The molecule has 9 heteroatoms. The lowest BCUT2D eigenvalue weighted by atomic mass is 10.0. The minimum atomic E-state index is -4.34. The zero-order valence-corrected chi connectivity index (χ0v) is 35.2. The number of nitrogens with zero attached hydrogens (tertiary/aromatic N) is 1. The first-order valence-electron chi connectivity index (χ1n) is 21.0. The van der Waals surface area contributed by atoms with Crippen molar-refractivity contribution in [2.24, 2.45) is 0 Å². The number of aliphatic hydroxyl groups excluding tert-OH is 1. The van der Waals surface area contributed by atoms with Crippen molar-refractivity contribution in [3.63, 3.8) is 0 Å². The summed E-state index contributed by atoms with van der Waals surface area (Å²) < 4.78 is 23.4. The zero-order chi connectivity index (χ0) is 38.6. The first kappa shape index (κ1) is 50.5. The summed E-state index contributed by atoms with van der Waals surface area (Å²) in [5.41, 5.74) is 0. The van der Waals surface area contributed by atoms with E-state index in [0.29, 0.717) is 17.4 Å². The maximum atomic E-state index is 12.8. The Morgan fingerprint density at radius 1 is 0.673 bits per heavy atom. The second-order valence-electron chi connectivity index (χ2n) is 15.3. The number of rotatable bonds is 37. The Balaban J connectivity index is 4.29. The van der Waals surface area contributed by atoms with E-state index >= 15 is 0 Å². The second-order valence-corrected chi connectivity index (χ2v) is 16.8. The van der Waals surface area contributed by atoms with Crippen molar-refractivity contribution in [2.75, 3.05) is 40.9 Å². The molecule has 0 aromatic rings. The van der Waals surface area contributed by atoms with Crippen molar-refractivity contribution in [2.45, 2.75) is 180 Å². The Morgan fingerprint density at radius 2 is 1.17 bits per heavy atom. The quantitative estimate of drug-likeness (QED) is 0.0252. The molecule has 3 unspecified atom stereocenters. The van der Waals surface area contributed by atoms with Crippen molar-refractivity contribution in [1.82, 2.24) is 5.32 Å². The molecule has 3 atom stereocenters. The van der Waals surface area contributed by atoms with Gasteiger partial charge in [0.2, 0.25) is 5.91 Å². The molecule has 0 aliphatic carbocycles. The lowest BCUT2D eigenvalue weighted by molar-refractivity contribution is -0.870. The van der Waals surface area contributed by atoms with Crippen LogP contribution in [0.3, 0.4) is 0 Å². The summed E-state index contributed by atoms with van der Waals surface area (Å²) >= 11 is 0. The molecule has 0 bridgehead atoms. The fourth-order valence-corrected chi connectivity index (χ4v) is 6.42. The van der Waals surface area contributed by atoms with E-state index in [9.17, 15) is 19.4 Å². The van der Waals surface area contributed by atoms with E-state index in [1.807, 2.05) is 27.2 Å². The van der Waals surface area contributed by atoms with Gasteiger partial charge in [0.15, 0.2) is 0 Å². The van der Waals surface area contributed by atoms with E-state index in [1.54, 1.807) is 6.08 Å². The van der Waals surface area contributed by atoms with E-state index in [4.69, 9.17) is 9.05 Å². The number of amides is 1. The average molecular weight is 754 g/mol. The molecule has 0 heterocycles. The van der Waals surface area contributed by atoms with Gasteiger partial charge < -0.3 is 19.8 Å². The van der Waals surface area contributed by atoms with Crippen LogP contribution in [0.15, 0.2) is 48.6 Å². The number of hydrogen-bond acceptors (Lipinski definition) is 5. The van der Waals surface area contributed by atoms with Gasteiger partial charge in [0.1, 0.15) is 13.2 Å². The number of hydrogen-bond donors (Lipinski definition) is 3. The molecule has 0 rings (SSSR count). The molecular formula is C43H82N2O6P+. The Kier molecular flexibility index (Phi) is 34.1. The summed E-state index contributed by atoms with van der Waals surface area (Å²) in [6.07, 6.45) is 43.4. The van der Waals surface area contributed by atoms with Gasteiger partial charge in [-0.25, -0.2) is 4.57 Å². The molecule has 0 aliphatic heterocycles. The molecule has 0 fully saturated rings. The monoisotopic (exact) mass is 754 g/mol. The summed E-state index contributed by atoms with van der Waals surface area (Å²) in [6, 6.07) is -0.860. The van der Waals surface area contributed by atoms with Gasteiger partial charge in [0.25, 0.3) is 0 Å². The van der Waals surface area contributed by atoms with E-state index < -0.39 is 20.0 Å². The van der Waals surface area contributed by atoms with Crippen molar-refractivity contribution in [3.05, 3.63) is 48.6 Å². The topological polar surface area (TPSA) is 105 Å². The molecular weight excluding hydrogens is 671 g/mol. The van der Waals surface area contributed by atoms with Crippen molar-refractivity contribution >= 4 is 13.7 Å². The summed E-state index contributed by atoms with van der Waals surface area (Å²) in [6.45, 7) is 4.62. The third kappa shape index (κ3) is 36.8. The third-order valence-electron chi connectivity index (χ3n) is 9.03. The SMILES string of the molecule is CC/C=C\C/C=C\CCCCCCCCCCCCCCCCC(=O)NC(COP(=O)(O)OCC[N+](C)(C)C)C(O)/C=C/CC/C=C/CCCCC. The summed E-state index contributed by atoms with van der Waals surface area (Å²) in [5, 5.41) is 13.7. The fourth-order valence-electron chi connectivity index (χ4n) is 5.68. The Hall–Kier alpha value is -1.54. The Bertz CT molecular complexity index is 991. The number of phosphoric ester groups is 1. The molecule has 52 heavy (non-hydrogen) atoms. The summed E-state index contributed by atoms with van der Waals surface area (Å²) in [4.78, 5) is 23.0. The number of likely N-dealkylation sites (N-methyl/N-ethyl adjacent to an activating group) is 1. The molecule has 0 saturated carbocycles. The molecule has 1 amide bonds. The molecule has 0 aromatic carbocycles. The van der Waals surface area contributed by atoms with Crippen LogP contribution in [0.1, 0.15) is 168 Å². The predicted molar refractivity (Wildman–Crippen MR) is 221 cm³/mol. The Labute approximate surface area is 320 Å². The number of quaternary nitrogens is 1. The highest BCUT2D eigenvalue weighted by Crippen LogP contribution is 2.43. The van der Waals surface area contributed by atoms with Crippen LogP contribution in [0.5, 0.6) is 0 Å². The molecule has 3 N–H and O–H groups in total. The van der Waals surface area contributed by atoms with E-state index in [0.717, 1.165) is 51.4 Å². The fraction of sp³-hybridized carbons (Fsp3) is 0.791. The maximum absolute atomic E-state index is 12.8. The number of carbonyl (C=O) groups excluding carboxylic acids is 1. The normalized spacial score (nSPS) is 15.0. The minimum absolute atomic E-state index is 0.0550. The smallest absolute Gasteiger partial charge is 0.387 e. The van der Waals surface area contributed by atoms with Crippen LogP contribution in [0.25, 0.3) is 0 Å². The second kappa shape index (κ2) is 35.2. The largest absolute Gasteiger partial charge is 0.472 e. The van der Waals surface area contributed by atoms with Crippen LogP contribution in [0.4, 0.5) is 0 Å². The number of aliphatic hydroxyl groups is 1. The van der Waals surface area contributed by atoms with Gasteiger partial charge in [0.05, 0.1) is 39.9 Å². The van der Waals surface area contributed by atoms with Crippen LogP contribution in [0, 0.1) is 0 Å². The van der Waals surface area contributed by atoms with Crippen molar-refractivity contribution < 1.29 is 32.9 Å². The van der Waals surface area contributed by atoms with Gasteiger partial charge in [0, 0.05) is 6.42 Å². The molecule has 0 spiro atoms. The lowest BCUT2D eigenvalue weighted by Gasteiger charge is -2.25. The average Bonchev–Trinajstić information content (AvgIpc) is 3.09. The maximum Gasteiger partial charge on any atom is 0.472 e. The minimum Gasteiger partial charge on any atom is -0.387 e. The van der Waals surface area contributed by atoms with E-state index in [-0.39, 0.29) is 19.1 Å². The van der Waals surface area contributed by atoms with Gasteiger partial charge in [-0.2, -0.15) is 0 Å².